The first-order chi connectivity index (χ1) is 14.4. The summed E-state index contributed by atoms with van der Waals surface area (Å²) in [7, 11) is 3.12. The van der Waals surface area contributed by atoms with Gasteiger partial charge >= 0.3 is 0 Å². The molecule has 1 aromatic rings. The highest BCUT2D eigenvalue weighted by Gasteiger charge is 2.44. The van der Waals surface area contributed by atoms with Crippen LogP contribution in [0.5, 0.6) is 11.5 Å². The maximum absolute atomic E-state index is 13.2. The summed E-state index contributed by atoms with van der Waals surface area (Å²) < 4.78 is 10.8. The van der Waals surface area contributed by atoms with Gasteiger partial charge in [0, 0.05) is 25.4 Å². The number of piperidine rings is 1. The molecule has 3 rings (SSSR count). The summed E-state index contributed by atoms with van der Waals surface area (Å²) in [5.74, 6) is 2.29. The Hall–Kier alpha value is -1.93. The van der Waals surface area contributed by atoms with Crippen molar-refractivity contribution < 1.29 is 19.1 Å². The summed E-state index contributed by atoms with van der Waals surface area (Å²) in [4.78, 5) is 27.4. The molecule has 2 aliphatic rings. The first-order valence-electron chi connectivity index (χ1n) is 10.6. The van der Waals surface area contributed by atoms with Crippen LogP contribution in [-0.4, -0.2) is 67.2 Å². The number of amides is 2. The fraction of sp³-hybridized carbons (Fsp3) is 0.636. The Morgan fingerprint density at radius 2 is 1.90 bits per heavy atom. The Morgan fingerprint density at radius 1 is 1.27 bits per heavy atom. The number of thioether (sulfide) groups is 1. The van der Waals surface area contributed by atoms with Crippen molar-refractivity contribution in [1.82, 2.24) is 15.5 Å². The number of hydrogen-bond donors (Lipinski definition) is 2. The molecular formula is C22H33N3O4S. The monoisotopic (exact) mass is 435 g/mol. The lowest BCUT2D eigenvalue weighted by Gasteiger charge is -2.39. The average molecular weight is 436 g/mol. The van der Waals surface area contributed by atoms with E-state index in [0.29, 0.717) is 42.6 Å². The summed E-state index contributed by atoms with van der Waals surface area (Å²) in [5, 5.41) is 6.62. The first kappa shape index (κ1) is 22.7. The third-order valence-corrected chi connectivity index (χ3v) is 7.68. The number of ether oxygens (including phenoxy) is 2. The Morgan fingerprint density at radius 3 is 2.47 bits per heavy atom. The lowest BCUT2D eigenvalue weighted by Crippen LogP contribution is -2.54. The molecule has 1 spiro atoms. The van der Waals surface area contributed by atoms with E-state index >= 15 is 0 Å². The van der Waals surface area contributed by atoms with Crippen LogP contribution in [0, 0.1) is 5.92 Å². The van der Waals surface area contributed by atoms with Gasteiger partial charge in [-0.25, -0.2) is 0 Å². The van der Waals surface area contributed by atoms with Crippen LogP contribution >= 0.6 is 11.8 Å². The molecule has 0 bridgehead atoms. The van der Waals surface area contributed by atoms with Gasteiger partial charge in [-0.2, -0.15) is 0 Å². The predicted octanol–water partition coefficient (Wildman–Crippen LogP) is 2.50. The molecule has 0 radical (unpaired) electrons. The van der Waals surface area contributed by atoms with Gasteiger partial charge in [0.05, 0.1) is 25.1 Å². The van der Waals surface area contributed by atoms with Crippen molar-refractivity contribution in [2.75, 3.05) is 39.6 Å². The summed E-state index contributed by atoms with van der Waals surface area (Å²) in [6, 6.07) is 5.19. The van der Waals surface area contributed by atoms with E-state index in [2.05, 4.69) is 24.5 Å². The van der Waals surface area contributed by atoms with Crippen molar-refractivity contribution >= 4 is 23.6 Å². The zero-order valence-electron chi connectivity index (χ0n) is 18.3. The second kappa shape index (κ2) is 9.92. The number of carbonyl (C=O) groups excluding carboxylic acids is 2. The van der Waals surface area contributed by atoms with Crippen LogP contribution in [0.1, 0.15) is 43.5 Å². The quantitative estimate of drug-likeness (QED) is 0.685. The van der Waals surface area contributed by atoms with Gasteiger partial charge in [-0.05, 0) is 30.9 Å². The highest BCUT2D eigenvalue weighted by molar-refractivity contribution is 8.01. The molecule has 2 aliphatic heterocycles. The highest BCUT2D eigenvalue weighted by atomic mass is 32.2. The third kappa shape index (κ3) is 4.86. The van der Waals surface area contributed by atoms with Crippen LogP contribution in [0.4, 0.5) is 0 Å². The van der Waals surface area contributed by atoms with Crippen molar-refractivity contribution in [3.8, 4) is 11.5 Å². The molecule has 2 N–H and O–H groups in total. The third-order valence-electron chi connectivity index (χ3n) is 6.10. The number of nitrogens with one attached hydrogen (secondary N) is 2. The molecule has 30 heavy (non-hydrogen) atoms. The summed E-state index contributed by atoms with van der Waals surface area (Å²) >= 11 is 1.81. The van der Waals surface area contributed by atoms with E-state index < -0.39 is 0 Å². The molecule has 0 aliphatic carbocycles. The number of hydrogen-bond acceptors (Lipinski definition) is 6. The van der Waals surface area contributed by atoms with Crippen LogP contribution in [-0.2, 0) is 4.79 Å². The van der Waals surface area contributed by atoms with E-state index in [-0.39, 0.29) is 22.7 Å². The van der Waals surface area contributed by atoms with Crippen molar-refractivity contribution in [1.29, 1.82) is 0 Å². The van der Waals surface area contributed by atoms with E-state index in [9.17, 15) is 9.59 Å². The average Bonchev–Trinajstić information content (AvgIpc) is 3.20. The molecule has 2 heterocycles. The minimum Gasteiger partial charge on any atom is -0.496 e. The molecule has 166 valence electrons. The van der Waals surface area contributed by atoms with E-state index in [1.807, 2.05) is 22.7 Å². The lowest BCUT2D eigenvalue weighted by atomic mass is 10.0. The molecule has 0 aromatic heterocycles. The molecule has 2 atom stereocenters. The number of rotatable bonds is 7. The van der Waals surface area contributed by atoms with Gasteiger partial charge in [-0.15, -0.1) is 11.8 Å². The first-order valence-corrected chi connectivity index (χ1v) is 11.6. The van der Waals surface area contributed by atoms with Gasteiger partial charge in [0.2, 0.25) is 5.91 Å². The minimum absolute atomic E-state index is 0.0787. The summed E-state index contributed by atoms with van der Waals surface area (Å²) in [6.07, 6.45) is 2.66. The van der Waals surface area contributed by atoms with Crippen molar-refractivity contribution in [3.05, 3.63) is 23.8 Å². The van der Waals surface area contributed by atoms with Gasteiger partial charge < -0.3 is 19.7 Å². The zero-order chi connectivity index (χ0) is 21.7. The van der Waals surface area contributed by atoms with E-state index in [4.69, 9.17) is 9.47 Å². The van der Waals surface area contributed by atoms with E-state index in [1.165, 1.54) is 0 Å². The number of benzene rings is 1. The maximum atomic E-state index is 13.2. The van der Waals surface area contributed by atoms with Crippen molar-refractivity contribution in [2.24, 2.45) is 5.92 Å². The van der Waals surface area contributed by atoms with Crippen molar-refractivity contribution in [2.45, 2.75) is 44.0 Å². The van der Waals surface area contributed by atoms with Crippen LogP contribution in [0.3, 0.4) is 0 Å². The van der Waals surface area contributed by atoms with Gasteiger partial charge in [0.25, 0.3) is 5.91 Å². The van der Waals surface area contributed by atoms with Crippen LogP contribution < -0.4 is 20.1 Å². The zero-order valence-corrected chi connectivity index (χ0v) is 19.1. The normalized spacial score (nSPS) is 21.3. The largest absolute Gasteiger partial charge is 0.496 e. The second-order valence-electron chi connectivity index (χ2n) is 8.09. The number of methoxy groups -OCH3 is 2. The molecule has 2 fully saturated rings. The van der Waals surface area contributed by atoms with Gasteiger partial charge in [0.15, 0.2) is 0 Å². The molecular weight excluding hydrogens is 402 g/mol. The van der Waals surface area contributed by atoms with Crippen LogP contribution in [0.2, 0.25) is 0 Å². The molecule has 0 saturated carbocycles. The second-order valence-corrected chi connectivity index (χ2v) is 9.49. The van der Waals surface area contributed by atoms with Crippen molar-refractivity contribution in [3.63, 3.8) is 0 Å². The van der Waals surface area contributed by atoms with Crippen LogP contribution in [0.25, 0.3) is 0 Å². The predicted molar refractivity (Wildman–Crippen MR) is 119 cm³/mol. The molecule has 8 heteroatoms. The Labute approximate surface area is 183 Å². The smallest absolute Gasteiger partial charge is 0.261 e. The Kier molecular flexibility index (Phi) is 7.52. The number of likely N-dealkylation sites (tertiary alicyclic amines) is 1. The van der Waals surface area contributed by atoms with E-state index in [1.54, 1.807) is 26.4 Å². The fourth-order valence-corrected chi connectivity index (χ4v) is 5.32. The Balaban J connectivity index is 1.59. The summed E-state index contributed by atoms with van der Waals surface area (Å²) in [5.41, 5.74) is 0.466. The van der Waals surface area contributed by atoms with Gasteiger partial charge in [-0.1, -0.05) is 26.3 Å². The highest BCUT2D eigenvalue weighted by Crippen LogP contribution is 2.40. The molecule has 7 nitrogen and oxygen atoms in total. The van der Waals surface area contributed by atoms with Crippen LogP contribution in [0.15, 0.2) is 18.2 Å². The fourth-order valence-electron chi connectivity index (χ4n) is 3.91. The number of carbonyl (C=O) groups is 2. The molecule has 2 unspecified atom stereocenters. The Bertz CT molecular complexity index is 742. The minimum atomic E-state index is -0.171. The SMILES string of the molecule is CCC(C)CNC(=O)C1CSC2(CCN(C(=O)c3c(OC)cccc3OC)CC2)N1. The molecule has 2 saturated heterocycles. The van der Waals surface area contributed by atoms with Gasteiger partial charge in [0.1, 0.15) is 17.1 Å². The maximum Gasteiger partial charge on any atom is 0.261 e. The topological polar surface area (TPSA) is 79.9 Å². The molecule has 2 amide bonds. The standard InChI is InChI=1S/C22H33N3O4S/c1-5-15(2)13-23-20(26)16-14-30-22(24-16)9-11-25(12-10-22)21(27)19-17(28-3)7-6-8-18(19)29-4/h6-8,15-16,24H,5,9-14H2,1-4H3,(H,23,26). The number of nitrogens with zero attached hydrogens (tertiary/aromatic N) is 1. The summed E-state index contributed by atoms with van der Waals surface area (Å²) in [6.45, 7) is 6.24. The lowest BCUT2D eigenvalue weighted by molar-refractivity contribution is -0.122. The van der Waals surface area contributed by atoms with Gasteiger partial charge in [-0.3, -0.25) is 14.9 Å². The van der Waals surface area contributed by atoms with E-state index in [0.717, 1.165) is 25.0 Å². The molecule has 1 aromatic carbocycles.